The zero-order chi connectivity index (χ0) is 10.3. The molecular formula is C10H10N2O2. The summed E-state index contributed by atoms with van der Waals surface area (Å²) in [5.41, 5.74) is 2.95. The molecule has 0 fully saturated rings. The highest BCUT2D eigenvalue weighted by molar-refractivity contribution is 5.95. The molecule has 0 aliphatic rings. The van der Waals surface area contributed by atoms with Crippen LogP contribution in [-0.2, 0) is 0 Å². The monoisotopic (exact) mass is 190 g/mol. The normalized spacial score (nSPS) is 10.7. The summed E-state index contributed by atoms with van der Waals surface area (Å²) < 4.78 is 1.65. The molecule has 2 aromatic rings. The first-order chi connectivity index (χ1) is 6.61. The van der Waals surface area contributed by atoms with Crippen LogP contribution in [0.3, 0.4) is 0 Å². The molecule has 0 saturated heterocycles. The van der Waals surface area contributed by atoms with Crippen molar-refractivity contribution < 1.29 is 9.90 Å². The lowest BCUT2D eigenvalue weighted by Gasteiger charge is -2.02. The fraction of sp³-hybridized carbons (Fsp3) is 0.200. The molecule has 0 radical (unpaired) electrons. The maximum atomic E-state index is 10.8. The fourth-order valence-electron chi connectivity index (χ4n) is 1.44. The molecule has 0 spiro atoms. The molecule has 14 heavy (non-hydrogen) atoms. The van der Waals surface area contributed by atoms with Crippen LogP contribution in [0.25, 0.3) is 5.52 Å². The number of aryl methyl sites for hydroxylation is 2. The number of carboxylic acids is 1. The van der Waals surface area contributed by atoms with Gasteiger partial charge in [0.25, 0.3) is 0 Å². The molecule has 0 aliphatic heterocycles. The van der Waals surface area contributed by atoms with Crippen molar-refractivity contribution in [1.82, 2.24) is 9.61 Å². The summed E-state index contributed by atoms with van der Waals surface area (Å²) in [6, 6.07) is 3.68. The quantitative estimate of drug-likeness (QED) is 0.743. The van der Waals surface area contributed by atoms with Gasteiger partial charge in [-0.25, -0.2) is 9.31 Å². The topological polar surface area (TPSA) is 54.6 Å². The van der Waals surface area contributed by atoms with Gasteiger partial charge in [-0.05, 0) is 25.5 Å². The maximum Gasteiger partial charge on any atom is 0.339 e. The Kier molecular flexibility index (Phi) is 1.77. The van der Waals surface area contributed by atoms with E-state index in [4.69, 9.17) is 5.11 Å². The van der Waals surface area contributed by atoms with Crippen molar-refractivity contribution in [1.29, 1.82) is 0 Å². The average molecular weight is 190 g/mol. The Bertz CT molecular complexity index is 514. The van der Waals surface area contributed by atoms with E-state index in [0.717, 1.165) is 11.3 Å². The van der Waals surface area contributed by atoms with Crippen LogP contribution in [0.5, 0.6) is 0 Å². The number of pyridine rings is 1. The van der Waals surface area contributed by atoms with Crippen molar-refractivity contribution >= 4 is 11.5 Å². The molecule has 0 aromatic carbocycles. The lowest BCUT2D eigenvalue weighted by atomic mass is 10.2. The molecule has 2 rings (SSSR count). The van der Waals surface area contributed by atoms with Crippen molar-refractivity contribution in [2.24, 2.45) is 0 Å². The van der Waals surface area contributed by atoms with Crippen LogP contribution in [0.15, 0.2) is 18.3 Å². The number of aromatic carboxylic acids is 1. The summed E-state index contributed by atoms with van der Waals surface area (Å²) >= 11 is 0. The van der Waals surface area contributed by atoms with Crippen LogP contribution < -0.4 is 0 Å². The summed E-state index contributed by atoms with van der Waals surface area (Å²) in [6.07, 6.45) is 1.38. The third-order valence-electron chi connectivity index (χ3n) is 2.42. The van der Waals surface area contributed by atoms with Crippen LogP contribution in [0.2, 0.25) is 0 Å². The zero-order valence-electron chi connectivity index (χ0n) is 7.98. The third kappa shape index (κ3) is 1.08. The number of aromatic nitrogens is 2. The lowest BCUT2D eigenvalue weighted by Crippen LogP contribution is -1.98. The minimum atomic E-state index is -0.941. The van der Waals surface area contributed by atoms with Crippen molar-refractivity contribution in [3.63, 3.8) is 0 Å². The van der Waals surface area contributed by atoms with Crippen molar-refractivity contribution in [2.45, 2.75) is 13.8 Å². The number of fused-ring (bicyclic) bond motifs is 1. The standard InChI is InChI=1S/C10H10N2O2/c1-6-3-4-9-8(10(13)14)5-11-12(9)7(6)2/h3-5H,1-2H3,(H,13,14). The van der Waals surface area contributed by atoms with Gasteiger partial charge in [-0.3, -0.25) is 0 Å². The summed E-state index contributed by atoms with van der Waals surface area (Å²) in [5.74, 6) is -0.941. The van der Waals surface area contributed by atoms with Gasteiger partial charge in [0.2, 0.25) is 0 Å². The van der Waals surface area contributed by atoms with E-state index in [0.29, 0.717) is 5.52 Å². The van der Waals surface area contributed by atoms with E-state index in [1.54, 1.807) is 10.6 Å². The Labute approximate surface area is 80.8 Å². The van der Waals surface area contributed by atoms with Crippen LogP contribution in [0, 0.1) is 13.8 Å². The van der Waals surface area contributed by atoms with Gasteiger partial charge in [-0.2, -0.15) is 5.10 Å². The fourth-order valence-corrected chi connectivity index (χ4v) is 1.44. The van der Waals surface area contributed by atoms with E-state index in [-0.39, 0.29) is 5.56 Å². The van der Waals surface area contributed by atoms with Crippen LogP contribution in [0.1, 0.15) is 21.6 Å². The number of hydrogen-bond donors (Lipinski definition) is 1. The van der Waals surface area contributed by atoms with Gasteiger partial charge in [0, 0.05) is 5.69 Å². The first kappa shape index (κ1) is 8.74. The molecule has 4 heteroatoms. The molecule has 0 saturated carbocycles. The highest BCUT2D eigenvalue weighted by Gasteiger charge is 2.12. The first-order valence-electron chi connectivity index (χ1n) is 4.28. The minimum absolute atomic E-state index is 0.244. The Morgan fingerprint density at radius 3 is 2.79 bits per heavy atom. The van der Waals surface area contributed by atoms with Gasteiger partial charge in [0.15, 0.2) is 0 Å². The van der Waals surface area contributed by atoms with Gasteiger partial charge in [-0.15, -0.1) is 0 Å². The zero-order valence-corrected chi connectivity index (χ0v) is 7.98. The largest absolute Gasteiger partial charge is 0.478 e. The number of carbonyl (C=O) groups is 1. The smallest absolute Gasteiger partial charge is 0.339 e. The molecule has 0 amide bonds. The van der Waals surface area contributed by atoms with E-state index in [1.165, 1.54) is 6.20 Å². The predicted molar refractivity (Wildman–Crippen MR) is 51.6 cm³/mol. The number of hydrogen-bond acceptors (Lipinski definition) is 2. The van der Waals surface area contributed by atoms with Gasteiger partial charge in [0.1, 0.15) is 5.56 Å². The van der Waals surface area contributed by atoms with E-state index >= 15 is 0 Å². The molecule has 2 aromatic heterocycles. The van der Waals surface area contributed by atoms with Gasteiger partial charge < -0.3 is 5.11 Å². The maximum absolute atomic E-state index is 10.8. The second-order valence-electron chi connectivity index (χ2n) is 3.26. The SMILES string of the molecule is Cc1ccc2c(C(=O)O)cnn2c1C. The summed E-state index contributed by atoms with van der Waals surface area (Å²) in [4.78, 5) is 10.8. The number of rotatable bonds is 1. The van der Waals surface area contributed by atoms with E-state index < -0.39 is 5.97 Å². The highest BCUT2D eigenvalue weighted by atomic mass is 16.4. The van der Waals surface area contributed by atoms with E-state index in [1.807, 2.05) is 19.9 Å². The van der Waals surface area contributed by atoms with Gasteiger partial charge >= 0.3 is 5.97 Å². The van der Waals surface area contributed by atoms with Gasteiger partial charge in [0.05, 0.1) is 11.7 Å². The van der Waals surface area contributed by atoms with E-state index in [9.17, 15) is 4.79 Å². The Hall–Kier alpha value is -1.84. The molecule has 1 N–H and O–H groups in total. The predicted octanol–water partition coefficient (Wildman–Crippen LogP) is 1.65. The summed E-state index contributed by atoms with van der Waals surface area (Å²) in [7, 11) is 0. The molecule has 4 nitrogen and oxygen atoms in total. The Morgan fingerprint density at radius 2 is 2.14 bits per heavy atom. The molecular weight excluding hydrogens is 180 g/mol. The number of carboxylic acid groups (broad SMARTS) is 1. The summed E-state index contributed by atoms with van der Waals surface area (Å²) in [5, 5.41) is 12.9. The third-order valence-corrected chi connectivity index (χ3v) is 2.42. The Balaban J connectivity index is 2.83. The van der Waals surface area contributed by atoms with Crippen LogP contribution >= 0.6 is 0 Å². The molecule has 0 aliphatic carbocycles. The number of nitrogens with zero attached hydrogens (tertiary/aromatic N) is 2. The first-order valence-corrected chi connectivity index (χ1v) is 4.28. The minimum Gasteiger partial charge on any atom is -0.478 e. The summed E-state index contributed by atoms with van der Waals surface area (Å²) in [6.45, 7) is 3.89. The second kappa shape index (κ2) is 2.83. The highest BCUT2D eigenvalue weighted by Crippen LogP contribution is 2.15. The van der Waals surface area contributed by atoms with E-state index in [2.05, 4.69) is 5.10 Å². The molecule has 0 atom stereocenters. The van der Waals surface area contributed by atoms with Crippen LogP contribution in [0.4, 0.5) is 0 Å². The molecule has 72 valence electrons. The van der Waals surface area contributed by atoms with Crippen molar-refractivity contribution in [3.05, 3.63) is 35.2 Å². The average Bonchev–Trinajstić information content (AvgIpc) is 2.55. The van der Waals surface area contributed by atoms with Crippen molar-refractivity contribution in [2.75, 3.05) is 0 Å². The van der Waals surface area contributed by atoms with Crippen molar-refractivity contribution in [3.8, 4) is 0 Å². The Morgan fingerprint density at radius 1 is 1.43 bits per heavy atom. The second-order valence-corrected chi connectivity index (χ2v) is 3.26. The molecule has 0 unspecified atom stereocenters. The molecule has 2 heterocycles. The lowest BCUT2D eigenvalue weighted by molar-refractivity contribution is 0.0699. The van der Waals surface area contributed by atoms with Gasteiger partial charge in [-0.1, -0.05) is 6.07 Å². The molecule has 0 bridgehead atoms. The van der Waals surface area contributed by atoms with Crippen LogP contribution in [-0.4, -0.2) is 20.7 Å².